The van der Waals surface area contributed by atoms with Crippen LogP contribution in [0.4, 0.5) is 9.18 Å². The highest BCUT2D eigenvalue weighted by atomic mass is 35.5. The number of esters is 1. The van der Waals surface area contributed by atoms with E-state index in [0.717, 1.165) is 0 Å². The fraction of sp³-hybridized carbons (Fsp3) is 0.345. The van der Waals surface area contributed by atoms with Gasteiger partial charge >= 0.3 is 12.0 Å². The average molecular weight is 555 g/mol. The molecule has 39 heavy (non-hydrogen) atoms. The Kier molecular flexibility index (Phi) is 9.04. The molecule has 2 aromatic rings. The van der Waals surface area contributed by atoms with Gasteiger partial charge in [-0.2, -0.15) is 0 Å². The second-order valence-electron chi connectivity index (χ2n) is 9.50. The minimum absolute atomic E-state index is 0.153. The number of benzene rings is 2. The number of amides is 3. The number of rotatable bonds is 8. The van der Waals surface area contributed by atoms with E-state index in [9.17, 15) is 18.8 Å². The van der Waals surface area contributed by atoms with Crippen LogP contribution < -0.4 is 5.32 Å². The van der Waals surface area contributed by atoms with Gasteiger partial charge in [-0.15, -0.1) is 6.58 Å². The fourth-order valence-electron chi connectivity index (χ4n) is 5.00. The molecule has 1 N–H and O–H groups in total. The van der Waals surface area contributed by atoms with Crippen LogP contribution in [0.5, 0.6) is 0 Å². The maximum atomic E-state index is 13.3. The molecule has 0 spiro atoms. The lowest BCUT2D eigenvalue weighted by Gasteiger charge is -2.43. The van der Waals surface area contributed by atoms with Crippen molar-refractivity contribution in [1.29, 1.82) is 0 Å². The average Bonchev–Trinajstić information content (AvgIpc) is 2.91. The smallest absolute Gasteiger partial charge is 0.338 e. The minimum Gasteiger partial charge on any atom is -0.463 e. The van der Waals surface area contributed by atoms with Crippen LogP contribution in [0.2, 0.25) is 5.02 Å². The quantitative estimate of drug-likeness (QED) is 0.386. The van der Waals surface area contributed by atoms with Gasteiger partial charge in [0.25, 0.3) is 5.91 Å². The number of piperazine rings is 1. The van der Waals surface area contributed by atoms with Crippen molar-refractivity contribution in [3.8, 4) is 0 Å². The number of nitrogens with zero attached hydrogens (tertiary/aromatic N) is 3. The summed E-state index contributed by atoms with van der Waals surface area (Å²) in [5.74, 6) is -1.08. The van der Waals surface area contributed by atoms with E-state index in [1.54, 1.807) is 42.2 Å². The Bertz CT molecular complexity index is 1270. The van der Waals surface area contributed by atoms with Crippen LogP contribution in [0.15, 0.2) is 72.5 Å². The SMILES string of the molecule is C=CCN1C(=O)NC(c2ccc(Cl)cc2)C(C(=O)OCC)=C1CN1CCN(C(=O)c2ccc(F)cc2)C(C)C1. The summed E-state index contributed by atoms with van der Waals surface area (Å²) in [4.78, 5) is 45.0. The summed E-state index contributed by atoms with van der Waals surface area (Å²) < 4.78 is 18.8. The summed E-state index contributed by atoms with van der Waals surface area (Å²) in [6.07, 6.45) is 1.60. The van der Waals surface area contributed by atoms with E-state index in [-0.39, 0.29) is 31.1 Å². The maximum absolute atomic E-state index is 13.3. The van der Waals surface area contributed by atoms with Gasteiger partial charge in [-0.3, -0.25) is 14.6 Å². The van der Waals surface area contributed by atoms with Gasteiger partial charge in [-0.1, -0.05) is 29.8 Å². The lowest BCUT2D eigenvalue weighted by Crippen LogP contribution is -2.56. The zero-order valence-corrected chi connectivity index (χ0v) is 22.8. The van der Waals surface area contributed by atoms with Gasteiger partial charge in [-0.05, 0) is 55.8 Å². The van der Waals surface area contributed by atoms with Crippen LogP contribution in [-0.2, 0) is 9.53 Å². The van der Waals surface area contributed by atoms with Crippen molar-refractivity contribution < 1.29 is 23.5 Å². The molecule has 2 aromatic carbocycles. The van der Waals surface area contributed by atoms with E-state index < -0.39 is 17.8 Å². The van der Waals surface area contributed by atoms with Crippen molar-refractivity contribution in [2.75, 3.05) is 39.3 Å². The predicted octanol–water partition coefficient (Wildman–Crippen LogP) is 4.40. The Balaban J connectivity index is 1.64. The number of nitrogens with one attached hydrogen (secondary N) is 1. The number of halogens is 2. The van der Waals surface area contributed by atoms with Gasteiger partial charge in [0.15, 0.2) is 0 Å². The number of ether oxygens (including phenoxy) is 1. The molecule has 0 aromatic heterocycles. The molecule has 2 atom stereocenters. The van der Waals surface area contributed by atoms with E-state index >= 15 is 0 Å². The number of carbonyl (C=O) groups excluding carboxylic acids is 3. The normalized spacial score (nSPS) is 20.1. The molecule has 0 saturated carbocycles. The van der Waals surface area contributed by atoms with Gasteiger partial charge in [0.05, 0.1) is 18.2 Å². The predicted molar refractivity (Wildman–Crippen MR) is 147 cm³/mol. The van der Waals surface area contributed by atoms with Crippen LogP contribution in [0, 0.1) is 5.82 Å². The molecule has 0 radical (unpaired) electrons. The zero-order valence-electron chi connectivity index (χ0n) is 22.0. The van der Waals surface area contributed by atoms with Crippen LogP contribution in [-0.4, -0.2) is 78.0 Å². The van der Waals surface area contributed by atoms with Gasteiger partial charge in [0.2, 0.25) is 0 Å². The van der Waals surface area contributed by atoms with Gasteiger partial charge < -0.3 is 15.0 Å². The molecular weight excluding hydrogens is 523 g/mol. The van der Waals surface area contributed by atoms with Crippen LogP contribution >= 0.6 is 11.6 Å². The monoisotopic (exact) mass is 554 g/mol. The van der Waals surface area contributed by atoms with Crippen molar-refractivity contribution in [1.82, 2.24) is 20.0 Å². The number of carbonyl (C=O) groups is 3. The van der Waals surface area contributed by atoms with Crippen molar-refractivity contribution in [2.24, 2.45) is 0 Å². The molecule has 0 bridgehead atoms. The molecule has 1 saturated heterocycles. The molecule has 8 nitrogen and oxygen atoms in total. The summed E-state index contributed by atoms with van der Waals surface area (Å²) >= 11 is 6.08. The van der Waals surface area contributed by atoms with Crippen molar-refractivity contribution in [2.45, 2.75) is 25.9 Å². The number of hydrogen-bond acceptors (Lipinski definition) is 5. The van der Waals surface area contributed by atoms with Gasteiger partial charge in [0.1, 0.15) is 5.82 Å². The molecule has 0 aliphatic carbocycles. The Hall–Kier alpha value is -3.69. The van der Waals surface area contributed by atoms with E-state index in [0.29, 0.717) is 53.6 Å². The standard InChI is InChI=1S/C29H32ClFN4O4/c1-4-14-35-24(18-33-15-16-34(19(3)17-33)27(36)21-8-12-23(31)13-9-21)25(28(37)39-5-2)26(32-29(35)38)20-6-10-22(30)11-7-20/h4,6-13,19,26H,1,5,14-18H2,2-3H3,(H,32,38). The summed E-state index contributed by atoms with van der Waals surface area (Å²) in [6, 6.07) is 11.3. The summed E-state index contributed by atoms with van der Waals surface area (Å²) in [5.41, 5.74) is 2.01. The van der Waals surface area contributed by atoms with Crippen molar-refractivity contribution >= 4 is 29.5 Å². The third-order valence-corrected chi connectivity index (χ3v) is 7.14. The van der Waals surface area contributed by atoms with Crippen molar-refractivity contribution in [3.63, 3.8) is 0 Å². The number of hydrogen-bond donors (Lipinski definition) is 1. The highest BCUT2D eigenvalue weighted by Crippen LogP contribution is 2.33. The lowest BCUT2D eigenvalue weighted by molar-refractivity contribution is -0.139. The molecule has 1 fully saturated rings. The van der Waals surface area contributed by atoms with Crippen LogP contribution in [0.1, 0.15) is 35.8 Å². The zero-order chi connectivity index (χ0) is 28.1. The third kappa shape index (κ3) is 6.32. The molecule has 2 unspecified atom stereocenters. The second-order valence-corrected chi connectivity index (χ2v) is 9.94. The minimum atomic E-state index is -0.719. The summed E-state index contributed by atoms with van der Waals surface area (Å²) in [5, 5.41) is 3.48. The van der Waals surface area contributed by atoms with Gasteiger partial charge in [-0.25, -0.2) is 14.0 Å². The lowest BCUT2D eigenvalue weighted by atomic mass is 9.94. The topological polar surface area (TPSA) is 82.2 Å². The van der Waals surface area contributed by atoms with E-state index in [1.807, 2.05) is 6.92 Å². The Morgan fingerprint density at radius 2 is 1.85 bits per heavy atom. The van der Waals surface area contributed by atoms with Crippen molar-refractivity contribution in [3.05, 3.63) is 94.4 Å². The number of urea groups is 1. The second kappa shape index (κ2) is 12.4. The molecule has 2 heterocycles. The highest BCUT2D eigenvalue weighted by molar-refractivity contribution is 6.30. The third-order valence-electron chi connectivity index (χ3n) is 6.89. The largest absolute Gasteiger partial charge is 0.463 e. The Morgan fingerprint density at radius 1 is 1.15 bits per heavy atom. The van der Waals surface area contributed by atoms with Crippen LogP contribution in [0.3, 0.4) is 0 Å². The maximum Gasteiger partial charge on any atom is 0.338 e. The first-order valence-electron chi connectivity index (χ1n) is 12.9. The van der Waals surface area contributed by atoms with Crippen LogP contribution in [0.25, 0.3) is 0 Å². The fourth-order valence-corrected chi connectivity index (χ4v) is 5.13. The Labute approximate surface area is 232 Å². The molecule has 10 heteroatoms. The van der Waals surface area contributed by atoms with E-state index in [1.165, 1.54) is 29.2 Å². The summed E-state index contributed by atoms with van der Waals surface area (Å²) in [6.45, 7) is 9.61. The van der Waals surface area contributed by atoms with E-state index in [2.05, 4.69) is 16.8 Å². The first-order valence-corrected chi connectivity index (χ1v) is 13.2. The molecular formula is C29H32ClFN4O4. The molecule has 206 valence electrons. The Morgan fingerprint density at radius 3 is 2.46 bits per heavy atom. The molecule has 2 aliphatic rings. The first kappa shape index (κ1) is 28.3. The molecule has 4 rings (SSSR count). The summed E-state index contributed by atoms with van der Waals surface area (Å²) in [7, 11) is 0. The molecule has 2 aliphatic heterocycles. The highest BCUT2D eigenvalue weighted by Gasteiger charge is 2.39. The van der Waals surface area contributed by atoms with Gasteiger partial charge in [0, 0.05) is 55.0 Å². The molecule has 3 amide bonds. The first-order chi connectivity index (χ1) is 18.7. The van der Waals surface area contributed by atoms with E-state index in [4.69, 9.17) is 16.3 Å².